The molecule has 1 N–H and O–H groups in total. The first-order valence-corrected chi connectivity index (χ1v) is 9.63. The maximum atomic E-state index is 12.6. The lowest BCUT2D eigenvalue weighted by molar-refractivity contribution is -0.117. The molecule has 0 aromatic heterocycles. The molecule has 0 aliphatic carbocycles. The first-order valence-electron chi connectivity index (χ1n) is 8.87. The number of nitrogens with one attached hydrogen (secondary N) is 1. The van der Waals surface area contributed by atoms with E-state index in [1.807, 2.05) is 4.90 Å². The van der Waals surface area contributed by atoms with Crippen LogP contribution in [0.3, 0.4) is 0 Å². The summed E-state index contributed by atoms with van der Waals surface area (Å²) in [6, 6.07) is 12.1. The number of rotatable bonds is 5. The molecule has 2 aromatic rings. The Morgan fingerprint density at radius 1 is 1.07 bits per heavy atom. The van der Waals surface area contributed by atoms with Crippen LogP contribution in [0.2, 0.25) is 10.0 Å². The van der Waals surface area contributed by atoms with Gasteiger partial charge < -0.3 is 15.0 Å². The van der Waals surface area contributed by atoms with Gasteiger partial charge >= 0.3 is 0 Å². The predicted molar refractivity (Wildman–Crippen MR) is 110 cm³/mol. The highest BCUT2D eigenvalue weighted by Gasteiger charge is 2.24. The summed E-state index contributed by atoms with van der Waals surface area (Å²) < 4.78 is 5.24. The van der Waals surface area contributed by atoms with Gasteiger partial charge in [0.05, 0.1) is 29.9 Å². The van der Waals surface area contributed by atoms with Gasteiger partial charge in [-0.05, 0) is 30.3 Å². The number of carbonyl (C=O) groups is 2. The topological polar surface area (TPSA) is 61.9 Å². The average molecular weight is 422 g/mol. The number of nitrogens with zero attached hydrogens (tertiary/aromatic N) is 2. The Morgan fingerprint density at radius 2 is 1.79 bits per heavy atom. The van der Waals surface area contributed by atoms with Crippen molar-refractivity contribution >= 4 is 40.7 Å². The van der Waals surface area contributed by atoms with Crippen molar-refractivity contribution in [1.82, 2.24) is 9.80 Å². The van der Waals surface area contributed by atoms with Gasteiger partial charge in [0, 0.05) is 31.2 Å². The second-order valence-corrected chi connectivity index (χ2v) is 7.28. The number of methoxy groups -OCH3 is 1. The summed E-state index contributed by atoms with van der Waals surface area (Å²) in [5, 5.41) is 3.79. The summed E-state index contributed by atoms with van der Waals surface area (Å²) in [7, 11) is 1.54. The second kappa shape index (κ2) is 9.28. The summed E-state index contributed by atoms with van der Waals surface area (Å²) in [5.74, 6) is 0.303. The van der Waals surface area contributed by atoms with Crippen molar-refractivity contribution in [2.75, 3.05) is 45.2 Å². The number of hydrogen-bond donors (Lipinski definition) is 1. The molecule has 0 unspecified atom stereocenters. The van der Waals surface area contributed by atoms with Crippen LogP contribution in [0.4, 0.5) is 5.69 Å². The number of hydrogen-bond acceptors (Lipinski definition) is 4. The molecule has 1 fully saturated rings. The molecule has 0 atom stereocenters. The molecule has 3 rings (SSSR count). The maximum Gasteiger partial charge on any atom is 0.255 e. The van der Waals surface area contributed by atoms with E-state index in [0.29, 0.717) is 53.2 Å². The van der Waals surface area contributed by atoms with Crippen molar-refractivity contribution in [3.63, 3.8) is 0 Å². The van der Waals surface area contributed by atoms with Crippen molar-refractivity contribution in [2.24, 2.45) is 0 Å². The molecule has 0 bridgehead atoms. The van der Waals surface area contributed by atoms with E-state index in [0.717, 1.165) is 0 Å². The fourth-order valence-electron chi connectivity index (χ4n) is 3.08. The normalized spacial score (nSPS) is 14.6. The van der Waals surface area contributed by atoms with E-state index >= 15 is 0 Å². The number of piperazine rings is 1. The van der Waals surface area contributed by atoms with Gasteiger partial charge in [-0.3, -0.25) is 14.5 Å². The third kappa shape index (κ3) is 4.95. The lowest BCUT2D eigenvalue weighted by Gasteiger charge is -2.34. The number of anilines is 1. The third-order valence-corrected chi connectivity index (χ3v) is 5.13. The molecule has 6 nitrogen and oxygen atoms in total. The van der Waals surface area contributed by atoms with Crippen molar-refractivity contribution < 1.29 is 14.3 Å². The highest BCUT2D eigenvalue weighted by molar-refractivity contribution is 6.33. The smallest absolute Gasteiger partial charge is 0.255 e. The molecule has 1 heterocycles. The van der Waals surface area contributed by atoms with Crippen LogP contribution in [0.1, 0.15) is 10.4 Å². The molecular weight excluding hydrogens is 401 g/mol. The summed E-state index contributed by atoms with van der Waals surface area (Å²) >= 11 is 12.1. The Labute approximate surface area is 174 Å². The minimum atomic E-state index is -0.161. The standard InChI is InChI=1S/C20H21Cl2N3O3/c1-28-18-7-6-14(21)12-17(18)23-19(26)13-24-8-10-25(11-9-24)20(27)15-4-2-3-5-16(15)22/h2-7,12H,8-11,13H2,1H3,(H,23,26). The summed E-state index contributed by atoms with van der Waals surface area (Å²) in [5.41, 5.74) is 1.04. The molecule has 0 saturated carbocycles. The first kappa shape index (κ1) is 20.5. The lowest BCUT2D eigenvalue weighted by Crippen LogP contribution is -2.50. The molecule has 0 radical (unpaired) electrons. The van der Waals surface area contributed by atoms with E-state index in [1.54, 1.807) is 47.4 Å². The Morgan fingerprint density at radius 3 is 2.46 bits per heavy atom. The van der Waals surface area contributed by atoms with Crippen LogP contribution in [0.5, 0.6) is 5.75 Å². The molecule has 148 valence electrons. The molecule has 1 aliphatic rings. The van der Waals surface area contributed by atoms with Gasteiger partial charge in [0.1, 0.15) is 5.75 Å². The van der Waals surface area contributed by atoms with Crippen LogP contribution < -0.4 is 10.1 Å². The largest absolute Gasteiger partial charge is 0.495 e. The van der Waals surface area contributed by atoms with Gasteiger partial charge in [0.2, 0.25) is 5.91 Å². The van der Waals surface area contributed by atoms with E-state index in [-0.39, 0.29) is 18.4 Å². The minimum Gasteiger partial charge on any atom is -0.495 e. The lowest BCUT2D eigenvalue weighted by atomic mass is 10.2. The van der Waals surface area contributed by atoms with E-state index < -0.39 is 0 Å². The first-order chi connectivity index (χ1) is 13.5. The van der Waals surface area contributed by atoms with Crippen LogP contribution >= 0.6 is 23.2 Å². The third-order valence-electron chi connectivity index (χ3n) is 4.57. The maximum absolute atomic E-state index is 12.6. The zero-order valence-corrected chi connectivity index (χ0v) is 17.0. The van der Waals surface area contributed by atoms with Crippen LogP contribution in [0.25, 0.3) is 0 Å². The fourth-order valence-corrected chi connectivity index (χ4v) is 3.47. The van der Waals surface area contributed by atoms with E-state index in [9.17, 15) is 9.59 Å². The van der Waals surface area contributed by atoms with Crippen molar-refractivity contribution in [2.45, 2.75) is 0 Å². The van der Waals surface area contributed by atoms with Crippen molar-refractivity contribution in [3.8, 4) is 5.75 Å². The molecule has 28 heavy (non-hydrogen) atoms. The van der Waals surface area contributed by atoms with E-state index in [1.165, 1.54) is 7.11 Å². The molecular formula is C20H21Cl2N3O3. The molecule has 8 heteroatoms. The van der Waals surface area contributed by atoms with Crippen LogP contribution in [-0.2, 0) is 4.79 Å². The summed E-state index contributed by atoms with van der Waals surface area (Å²) in [6.45, 7) is 2.52. The SMILES string of the molecule is COc1ccc(Cl)cc1NC(=O)CN1CCN(C(=O)c2ccccc2Cl)CC1. The van der Waals surface area contributed by atoms with Crippen molar-refractivity contribution in [3.05, 3.63) is 58.1 Å². The highest BCUT2D eigenvalue weighted by Crippen LogP contribution is 2.27. The molecule has 2 amide bonds. The average Bonchev–Trinajstić information content (AvgIpc) is 2.68. The van der Waals surface area contributed by atoms with Crippen LogP contribution in [0.15, 0.2) is 42.5 Å². The van der Waals surface area contributed by atoms with Gasteiger partial charge in [-0.1, -0.05) is 35.3 Å². The Kier molecular flexibility index (Phi) is 6.78. The van der Waals surface area contributed by atoms with Crippen molar-refractivity contribution in [1.29, 1.82) is 0 Å². The number of benzene rings is 2. The highest BCUT2D eigenvalue weighted by atomic mass is 35.5. The zero-order valence-electron chi connectivity index (χ0n) is 15.5. The Balaban J connectivity index is 1.53. The Bertz CT molecular complexity index is 868. The summed E-state index contributed by atoms with van der Waals surface area (Å²) in [6.07, 6.45) is 0. The molecule has 1 saturated heterocycles. The number of carbonyl (C=O) groups excluding carboxylic acids is 2. The van der Waals surface area contributed by atoms with E-state index in [2.05, 4.69) is 5.32 Å². The van der Waals surface area contributed by atoms with Crippen LogP contribution in [0, 0.1) is 0 Å². The predicted octanol–water partition coefficient (Wildman–Crippen LogP) is 3.40. The second-order valence-electron chi connectivity index (χ2n) is 6.44. The number of ether oxygens (including phenoxy) is 1. The Hall–Kier alpha value is -2.28. The molecule has 0 spiro atoms. The molecule has 1 aliphatic heterocycles. The van der Waals surface area contributed by atoms with Gasteiger partial charge in [0.25, 0.3) is 5.91 Å². The monoisotopic (exact) mass is 421 g/mol. The minimum absolute atomic E-state index is 0.0848. The van der Waals surface area contributed by atoms with Gasteiger partial charge in [0.15, 0.2) is 0 Å². The van der Waals surface area contributed by atoms with Gasteiger partial charge in [-0.25, -0.2) is 0 Å². The van der Waals surface area contributed by atoms with E-state index in [4.69, 9.17) is 27.9 Å². The zero-order chi connectivity index (χ0) is 20.1. The van der Waals surface area contributed by atoms with Gasteiger partial charge in [-0.2, -0.15) is 0 Å². The quantitative estimate of drug-likeness (QED) is 0.803. The van der Waals surface area contributed by atoms with Crippen LogP contribution in [-0.4, -0.2) is 61.4 Å². The fraction of sp³-hybridized carbons (Fsp3) is 0.300. The summed E-state index contributed by atoms with van der Waals surface area (Å²) in [4.78, 5) is 28.8. The number of halogens is 2. The molecule has 2 aromatic carbocycles. The van der Waals surface area contributed by atoms with Gasteiger partial charge in [-0.15, -0.1) is 0 Å². The number of amides is 2.